The molecular weight excluding hydrogens is 1100 g/mol. The highest BCUT2D eigenvalue weighted by atomic mass is 35.5. The maximum Gasteiger partial charge on any atom is 0.433 e. The predicted octanol–water partition coefficient (Wildman–Crippen LogP) is 10.9. The number of sulfone groups is 2. The van der Waals surface area contributed by atoms with Gasteiger partial charge < -0.3 is 4.74 Å². The molecule has 420 valence electrons. The molecule has 0 aliphatic heterocycles. The maximum atomic E-state index is 13.9. The molecule has 2 fully saturated rings. The first-order valence-corrected chi connectivity index (χ1v) is 27.3. The molecule has 4 aromatic heterocycles. The van der Waals surface area contributed by atoms with Crippen molar-refractivity contribution in [3.63, 3.8) is 0 Å². The summed E-state index contributed by atoms with van der Waals surface area (Å²) in [6.07, 6.45) is -2.29. The number of aryl methyl sites for hydroxylation is 3. The average molecular weight is 1160 g/mol. The molecule has 4 heterocycles. The molecule has 8 rings (SSSR count). The summed E-state index contributed by atoms with van der Waals surface area (Å²) in [5.41, 5.74) is -0.391. The number of benzene rings is 2. The summed E-state index contributed by atoms with van der Waals surface area (Å²) in [6, 6.07) is 13.1. The number of ether oxygens (including phenoxy) is 1. The first-order valence-electron chi connectivity index (χ1n) is 24.2. The Morgan fingerprint density at radius 2 is 1.05 bits per heavy atom. The second-order valence-electron chi connectivity index (χ2n) is 19.7. The number of alkyl halides is 6. The van der Waals surface area contributed by atoms with Crippen LogP contribution < -0.4 is 0 Å². The fraction of sp³-hybridized carbons (Fsp3) is 0.404. The van der Waals surface area contributed by atoms with Crippen molar-refractivity contribution in [2.45, 2.75) is 131 Å². The Labute approximate surface area is 450 Å². The molecule has 78 heavy (non-hydrogen) atoms. The van der Waals surface area contributed by atoms with Crippen LogP contribution in [0.4, 0.5) is 39.9 Å². The third-order valence-corrected chi connectivity index (χ3v) is 17.8. The van der Waals surface area contributed by atoms with Gasteiger partial charge in [0, 0.05) is 30.3 Å². The van der Waals surface area contributed by atoms with Gasteiger partial charge in [0.15, 0.2) is 19.7 Å². The molecule has 2 aliphatic rings. The van der Waals surface area contributed by atoms with Gasteiger partial charge in [-0.2, -0.15) is 36.5 Å². The predicted molar refractivity (Wildman–Crippen MR) is 269 cm³/mol. The van der Waals surface area contributed by atoms with Crippen LogP contribution in [-0.4, -0.2) is 85.1 Å². The number of pyridine rings is 2. The number of aromatic nitrogens is 6. The van der Waals surface area contributed by atoms with Gasteiger partial charge in [0.1, 0.15) is 34.4 Å². The molecule has 0 radical (unpaired) electrons. The van der Waals surface area contributed by atoms with Crippen molar-refractivity contribution in [2.75, 3.05) is 0 Å². The Morgan fingerprint density at radius 3 is 1.47 bits per heavy atom. The van der Waals surface area contributed by atoms with Crippen LogP contribution in [0, 0.1) is 37.3 Å². The summed E-state index contributed by atoms with van der Waals surface area (Å²) in [7, 11) is -7.82. The lowest BCUT2D eigenvalue weighted by atomic mass is 9.97. The molecule has 2 aliphatic carbocycles. The van der Waals surface area contributed by atoms with E-state index in [2.05, 4.69) is 20.2 Å². The molecule has 0 N–H and O–H groups in total. The number of amides is 2. The van der Waals surface area contributed by atoms with Crippen LogP contribution in [0.1, 0.15) is 99.6 Å². The number of hydrogen-bond donors (Lipinski definition) is 0. The zero-order chi connectivity index (χ0) is 56.4. The molecule has 6 aromatic rings. The molecule has 2 saturated carbocycles. The van der Waals surface area contributed by atoms with Gasteiger partial charge in [-0.15, -0.1) is 12.4 Å². The van der Waals surface area contributed by atoms with Gasteiger partial charge in [-0.05, 0) is 145 Å². The van der Waals surface area contributed by atoms with Gasteiger partial charge in [0.25, 0.3) is 0 Å². The monoisotopic (exact) mass is 1160 g/mol. The van der Waals surface area contributed by atoms with Gasteiger partial charge >= 0.3 is 18.4 Å². The van der Waals surface area contributed by atoms with E-state index in [9.17, 15) is 66.3 Å². The third-order valence-electron chi connectivity index (χ3n) is 13.2. The van der Waals surface area contributed by atoms with Crippen LogP contribution in [0.15, 0.2) is 107 Å². The van der Waals surface area contributed by atoms with Gasteiger partial charge in [-0.1, -0.05) is 12.8 Å². The summed E-state index contributed by atoms with van der Waals surface area (Å²) >= 11 is 0. The van der Waals surface area contributed by atoms with E-state index in [1.807, 2.05) is 0 Å². The van der Waals surface area contributed by atoms with Crippen LogP contribution in [0.25, 0.3) is 11.4 Å². The van der Waals surface area contributed by atoms with Crippen molar-refractivity contribution < 1.29 is 71.1 Å². The van der Waals surface area contributed by atoms with E-state index in [0.717, 1.165) is 71.4 Å². The summed E-state index contributed by atoms with van der Waals surface area (Å²) in [4.78, 5) is 47.8. The van der Waals surface area contributed by atoms with Crippen LogP contribution >= 0.6 is 12.4 Å². The van der Waals surface area contributed by atoms with E-state index >= 15 is 0 Å². The number of carbonyl (C=O) groups excluding carboxylic acids is 3. The Balaban J connectivity index is 0.000000253. The second kappa shape index (κ2) is 23.8. The van der Waals surface area contributed by atoms with E-state index in [0.29, 0.717) is 54.7 Å². The number of rotatable bonds is 13. The van der Waals surface area contributed by atoms with Gasteiger partial charge in [0.2, 0.25) is 5.91 Å². The zero-order valence-electron chi connectivity index (χ0n) is 42.6. The first-order chi connectivity index (χ1) is 35.9. The Bertz CT molecular complexity index is 3330. The van der Waals surface area contributed by atoms with E-state index in [1.165, 1.54) is 39.8 Å². The number of Topliss-reactive ketones (excluding diaryl/α,β-unsaturated/α-hetero) is 1. The van der Waals surface area contributed by atoms with Crippen molar-refractivity contribution >= 4 is 49.9 Å². The molecule has 2 aromatic carbocycles. The minimum Gasteiger partial charge on any atom is -0.443 e. The molecule has 4 atom stereocenters. The number of halogens is 9. The summed E-state index contributed by atoms with van der Waals surface area (Å²) in [6.45, 7) is 7.85. The second-order valence-corrected chi connectivity index (χ2v) is 24.0. The Hall–Kier alpha value is -6.60. The topological polar surface area (TPSA) is 193 Å². The van der Waals surface area contributed by atoms with Gasteiger partial charge in [0.05, 0.1) is 67.9 Å². The van der Waals surface area contributed by atoms with Crippen molar-refractivity contribution in [3.8, 4) is 11.4 Å². The molecule has 26 heteroatoms. The highest BCUT2D eigenvalue weighted by Gasteiger charge is 2.46. The van der Waals surface area contributed by atoms with E-state index in [1.54, 1.807) is 40.8 Å². The minimum atomic E-state index is -4.61. The molecule has 2 unspecified atom stereocenters. The van der Waals surface area contributed by atoms with Crippen LogP contribution in [0.3, 0.4) is 0 Å². The lowest BCUT2D eigenvalue weighted by molar-refractivity contribution is -0.141. The molecule has 0 saturated heterocycles. The highest BCUT2D eigenvalue weighted by molar-refractivity contribution is 7.92. The number of ketones is 1. The fourth-order valence-electron chi connectivity index (χ4n) is 9.24. The maximum absolute atomic E-state index is 13.9. The molecule has 15 nitrogen and oxygen atoms in total. The molecular formula is C52H54ClF8N7O8S2. The summed E-state index contributed by atoms with van der Waals surface area (Å²) < 4.78 is 165. The quantitative estimate of drug-likeness (QED) is 0.0786. The van der Waals surface area contributed by atoms with E-state index in [-0.39, 0.29) is 59.5 Å². The van der Waals surface area contributed by atoms with Crippen molar-refractivity contribution in [2.24, 2.45) is 11.8 Å². The fourth-order valence-corrected chi connectivity index (χ4v) is 13.3. The number of hydrogen-bond acceptors (Lipinski definition) is 12. The normalized spacial score (nSPS) is 17.9. The molecule has 0 spiro atoms. The number of imide groups is 1. The standard InChI is InChI=1S/C28H30F4N4O5S.C24H23F4N3O3S.ClH/c1-17-18(16-36(34-17)20-10-13-24(33-14-20)28(30,31)32)15-35(26(38)41-27(2,3)4)25(37)22-6-5-7-23(22)42(39,40)21-11-8-19(29)9-12-21;1-15-16(14-31(30-15)18-8-12-23(29-13-18)24(26,27)28)5-11-21(32)20-3-2-4-22(20)35(33,34)19-9-6-17(25)7-10-19;/h8-14,16,22-23H,5-7,15H2,1-4H3;6-10,12-14,20,22H,2-5,11H2,1H3;1H/t;20-,22-;/m.0./s1. The smallest absolute Gasteiger partial charge is 0.433 e. The number of carbonyl (C=O) groups is 3. The molecule has 2 amide bonds. The van der Waals surface area contributed by atoms with Crippen LogP contribution in [-0.2, 0) is 59.3 Å². The van der Waals surface area contributed by atoms with Crippen molar-refractivity contribution in [1.82, 2.24) is 34.4 Å². The van der Waals surface area contributed by atoms with Crippen molar-refractivity contribution in [3.05, 3.63) is 143 Å². The summed E-state index contributed by atoms with van der Waals surface area (Å²) in [5.74, 6) is -3.76. The molecule has 0 bridgehead atoms. The van der Waals surface area contributed by atoms with E-state index < -0.39 is 95.0 Å². The Kier molecular flexibility index (Phi) is 18.5. The minimum absolute atomic E-state index is 0. The average Bonchev–Trinajstić information content (AvgIpc) is 4.23. The summed E-state index contributed by atoms with van der Waals surface area (Å²) in [5, 5.41) is 6.62. The zero-order valence-corrected chi connectivity index (χ0v) is 45.0. The van der Waals surface area contributed by atoms with Crippen LogP contribution in [0.5, 0.6) is 0 Å². The lowest BCUT2D eigenvalue weighted by Gasteiger charge is -2.29. The van der Waals surface area contributed by atoms with Gasteiger partial charge in [-0.25, -0.2) is 54.6 Å². The van der Waals surface area contributed by atoms with E-state index in [4.69, 9.17) is 4.74 Å². The first kappa shape index (κ1) is 60.6. The van der Waals surface area contributed by atoms with Gasteiger partial charge in [-0.3, -0.25) is 9.59 Å². The highest BCUT2D eigenvalue weighted by Crippen LogP contribution is 2.39. The van der Waals surface area contributed by atoms with Crippen molar-refractivity contribution in [1.29, 1.82) is 0 Å². The Morgan fingerprint density at radius 1 is 0.628 bits per heavy atom. The largest absolute Gasteiger partial charge is 0.443 e. The number of nitrogens with zero attached hydrogens (tertiary/aromatic N) is 7. The lowest BCUT2D eigenvalue weighted by Crippen LogP contribution is -2.46. The van der Waals surface area contributed by atoms with Crippen LogP contribution in [0.2, 0.25) is 0 Å². The SMILES string of the molecule is Cc1nn(-c2ccc(C(F)(F)F)nc2)cc1CCC(=O)[C@@H]1CCC[C@@H]1S(=O)(=O)c1ccc(F)cc1.Cc1nn(-c2ccc(C(F)(F)F)nc2)cc1CN(C(=O)OC(C)(C)C)C(=O)C1CCCC1S(=O)(=O)c1ccc(F)cc1.Cl. The third kappa shape index (κ3) is 14.2.